The Morgan fingerprint density at radius 1 is 1.56 bits per heavy atom. The van der Waals surface area contributed by atoms with Crippen LogP contribution in [-0.2, 0) is 0 Å². The van der Waals surface area contributed by atoms with E-state index in [9.17, 15) is 4.79 Å². The van der Waals surface area contributed by atoms with Gasteiger partial charge in [-0.3, -0.25) is 4.79 Å². The predicted molar refractivity (Wildman–Crippen MR) is 64.9 cm³/mol. The molecule has 4 nitrogen and oxygen atoms in total. The van der Waals surface area contributed by atoms with Crippen molar-refractivity contribution in [3.63, 3.8) is 0 Å². The lowest BCUT2D eigenvalue weighted by molar-refractivity contribution is 0.0947. The number of carbonyl (C=O) groups excluding carboxylic acids is 1. The standard InChI is InChI=1S/C10H12ClN3OS/c11-9-4-3-8(13-14-9)10(15)12-6-7-2-1-5-16-7/h3-4,7H,1-2,5-6H2,(H,12,15). The maximum Gasteiger partial charge on any atom is 0.271 e. The number of carbonyl (C=O) groups is 1. The van der Waals surface area contributed by atoms with Crippen molar-refractivity contribution in [3.8, 4) is 0 Å². The largest absolute Gasteiger partial charge is 0.350 e. The van der Waals surface area contributed by atoms with E-state index >= 15 is 0 Å². The Bertz CT molecular complexity index is 365. The van der Waals surface area contributed by atoms with E-state index in [0.717, 1.165) is 0 Å². The number of thioether (sulfide) groups is 1. The molecule has 0 aromatic carbocycles. The fourth-order valence-corrected chi connectivity index (χ4v) is 2.84. The first kappa shape index (κ1) is 11.7. The van der Waals surface area contributed by atoms with Crippen LogP contribution in [0.25, 0.3) is 0 Å². The third kappa shape index (κ3) is 3.09. The van der Waals surface area contributed by atoms with Gasteiger partial charge in [-0.15, -0.1) is 10.2 Å². The monoisotopic (exact) mass is 257 g/mol. The van der Waals surface area contributed by atoms with E-state index in [1.807, 2.05) is 11.8 Å². The van der Waals surface area contributed by atoms with Crippen LogP contribution in [0, 0.1) is 0 Å². The number of halogens is 1. The molecule has 1 aromatic rings. The second kappa shape index (κ2) is 5.50. The molecule has 1 N–H and O–H groups in total. The highest BCUT2D eigenvalue weighted by Gasteiger charge is 2.17. The normalized spacial score (nSPS) is 19.7. The average Bonchev–Trinajstić information content (AvgIpc) is 2.80. The molecule has 0 saturated carbocycles. The van der Waals surface area contributed by atoms with Crippen LogP contribution in [0.5, 0.6) is 0 Å². The molecular weight excluding hydrogens is 246 g/mol. The summed E-state index contributed by atoms with van der Waals surface area (Å²) in [6, 6.07) is 3.14. The summed E-state index contributed by atoms with van der Waals surface area (Å²) in [5, 5.41) is 11.0. The second-order valence-electron chi connectivity index (χ2n) is 3.59. The lowest BCUT2D eigenvalue weighted by Gasteiger charge is -2.09. The molecular formula is C10H12ClN3OS. The molecule has 6 heteroatoms. The van der Waals surface area contributed by atoms with Gasteiger partial charge in [0.2, 0.25) is 0 Å². The Labute approximate surface area is 103 Å². The Morgan fingerprint density at radius 3 is 3.06 bits per heavy atom. The zero-order valence-corrected chi connectivity index (χ0v) is 10.2. The number of rotatable bonds is 3. The first-order valence-electron chi connectivity index (χ1n) is 5.15. The van der Waals surface area contributed by atoms with Crippen LogP contribution < -0.4 is 5.32 Å². The molecule has 1 saturated heterocycles. The molecule has 1 aromatic heterocycles. The van der Waals surface area contributed by atoms with Crippen molar-refractivity contribution < 1.29 is 4.79 Å². The van der Waals surface area contributed by atoms with Gasteiger partial charge in [-0.25, -0.2) is 0 Å². The number of amides is 1. The van der Waals surface area contributed by atoms with Crippen molar-refractivity contribution in [1.29, 1.82) is 0 Å². The van der Waals surface area contributed by atoms with Gasteiger partial charge >= 0.3 is 0 Å². The van der Waals surface area contributed by atoms with Gasteiger partial charge in [-0.2, -0.15) is 11.8 Å². The average molecular weight is 258 g/mol. The molecule has 2 rings (SSSR count). The maximum absolute atomic E-state index is 11.6. The van der Waals surface area contributed by atoms with E-state index < -0.39 is 0 Å². The molecule has 0 aliphatic carbocycles. The zero-order valence-electron chi connectivity index (χ0n) is 8.65. The molecule has 1 atom stereocenters. The van der Waals surface area contributed by atoms with Gasteiger partial charge in [0.25, 0.3) is 5.91 Å². The predicted octanol–water partition coefficient (Wildman–Crippen LogP) is 1.76. The van der Waals surface area contributed by atoms with Crippen LogP contribution >= 0.6 is 23.4 Å². The fraction of sp³-hybridized carbons (Fsp3) is 0.500. The molecule has 1 amide bonds. The maximum atomic E-state index is 11.6. The molecule has 2 heterocycles. The van der Waals surface area contributed by atoms with E-state index in [2.05, 4.69) is 15.5 Å². The number of nitrogens with one attached hydrogen (secondary N) is 1. The van der Waals surface area contributed by atoms with E-state index in [-0.39, 0.29) is 5.91 Å². The fourth-order valence-electron chi connectivity index (χ4n) is 1.54. The Kier molecular flexibility index (Phi) is 4.01. The summed E-state index contributed by atoms with van der Waals surface area (Å²) in [5.41, 5.74) is 0.312. The summed E-state index contributed by atoms with van der Waals surface area (Å²) in [7, 11) is 0. The molecule has 16 heavy (non-hydrogen) atoms. The van der Waals surface area contributed by atoms with Gasteiger partial charge in [0.1, 0.15) is 0 Å². The highest BCUT2D eigenvalue weighted by Crippen LogP contribution is 2.25. The number of nitrogens with zero attached hydrogens (tertiary/aromatic N) is 2. The first-order chi connectivity index (χ1) is 7.75. The minimum Gasteiger partial charge on any atom is -0.350 e. The third-order valence-electron chi connectivity index (χ3n) is 2.38. The molecule has 0 radical (unpaired) electrons. The van der Waals surface area contributed by atoms with Crippen LogP contribution in [0.2, 0.25) is 5.15 Å². The van der Waals surface area contributed by atoms with Crippen molar-refractivity contribution >= 4 is 29.3 Å². The summed E-state index contributed by atoms with van der Waals surface area (Å²) in [6.07, 6.45) is 2.42. The van der Waals surface area contributed by atoms with E-state index in [1.165, 1.54) is 18.6 Å². The van der Waals surface area contributed by atoms with Crippen molar-refractivity contribution in [3.05, 3.63) is 23.0 Å². The van der Waals surface area contributed by atoms with Crippen molar-refractivity contribution in [1.82, 2.24) is 15.5 Å². The van der Waals surface area contributed by atoms with Crippen LogP contribution in [0.1, 0.15) is 23.3 Å². The van der Waals surface area contributed by atoms with Crippen molar-refractivity contribution in [2.24, 2.45) is 0 Å². The van der Waals surface area contributed by atoms with Gasteiger partial charge in [-0.05, 0) is 30.7 Å². The minimum atomic E-state index is -0.184. The molecule has 0 bridgehead atoms. The molecule has 86 valence electrons. The summed E-state index contributed by atoms with van der Waals surface area (Å²) in [6.45, 7) is 0.702. The quantitative estimate of drug-likeness (QED) is 0.897. The number of hydrogen-bond acceptors (Lipinski definition) is 4. The topological polar surface area (TPSA) is 54.9 Å². The number of hydrogen-bond donors (Lipinski definition) is 1. The Morgan fingerprint density at radius 2 is 2.44 bits per heavy atom. The first-order valence-corrected chi connectivity index (χ1v) is 6.57. The van der Waals surface area contributed by atoms with Crippen LogP contribution in [0.15, 0.2) is 12.1 Å². The molecule has 0 spiro atoms. The summed E-state index contributed by atoms with van der Waals surface area (Å²) in [5.74, 6) is 1.01. The van der Waals surface area contributed by atoms with Crippen molar-refractivity contribution in [2.75, 3.05) is 12.3 Å². The lowest BCUT2D eigenvalue weighted by Crippen LogP contribution is -2.30. The summed E-state index contributed by atoms with van der Waals surface area (Å²) < 4.78 is 0. The van der Waals surface area contributed by atoms with E-state index in [1.54, 1.807) is 12.1 Å². The van der Waals surface area contributed by atoms with Gasteiger partial charge in [0, 0.05) is 11.8 Å². The van der Waals surface area contributed by atoms with Gasteiger partial charge in [0.05, 0.1) is 0 Å². The van der Waals surface area contributed by atoms with Gasteiger partial charge in [-0.1, -0.05) is 11.6 Å². The summed E-state index contributed by atoms with van der Waals surface area (Å²) >= 11 is 7.50. The van der Waals surface area contributed by atoms with Crippen molar-refractivity contribution in [2.45, 2.75) is 18.1 Å². The van der Waals surface area contributed by atoms with E-state index in [4.69, 9.17) is 11.6 Å². The van der Waals surface area contributed by atoms with Gasteiger partial charge < -0.3 is 5.32 Å². The van der Waals surface area contributed by atoms with E-state index in [0.29, 0.717) is 22.6 Å². The minimum absolute atomic E-state index is 0.184. The van der Waals surface area contributed by atoms with Crippen LogP contribution in [0.4, 0.5) is 0 Å². The Balaban J connectivity index is 1.85. The molecule has 1 fully saturated rings. The highest BCUT2D eigenvalue weighted by atomic mass is 35.5. The smallest absolute Gasteiger partial charge is 0.271 e. The van der Waals surface area contributed by atoms with Crippen LogP contribution in [0.3, 0.4) is 0 Å². The zero-order chi connectivity index (χ0) is 11.4. The third-order valence-corrected chi connectivity index (χ3v) is 3.98. The Hall–Kier alpha value is -0.810. The second-order valence-corrected chi connectivity index (χ2v) is 5.38. The van der Waals surface area contributed by atoms with Crippen LogP contribution in [-0.4, -0.2) is 33.7 Å². The molecule has 1 aliphatic rings. The SMILES string of the molecule is O=C(NCC1CCCS1)c1ccc(Cl)nn1. The summed E-state index contributed by atoms with van der Waals surface area (Å²) in [4.78, 5) is 11.6. The number of aromatic nitrogens is 2. The molecule has 1 unspecified atom stereocenters. The molecule has 1 aliphatic heterocycles. The lowest BCUT2D eigenvalue weighted by atomic mass is 10.2. The van der Waals surface area contributed by atoms with Gasteiger partial charge in [0.15, 0.2) is 10.8 Å². The highest BCUT2D eigenvalue weighted by molar-refractivity contribution is 8.00.